The summed E-state index contributed by atoms with van der Waals surface area (Å²) in [4.78, 5) is 9.05. The highest BCUT2D eigenvalue weighted by Crippen LogP contribution is 2.33. The number of aromatic nitrogens is 3. The van der Waals surface area contributed by atoms with Gasteiger partial charge >= 0.3 is 0 Å². The van der Waals surface area contributed by atoms with Gasteiger partial charge in [-0.1, -0.05) is 24.3 Å². The highest BCUT2D eigenvalue weighted by Gasteiger charge is 2.32. The molecule has 0 bridgehead atoms. The van der Waals surface area contributed by atoms with Gasteiger partial charge in [-0.2, -0.15) is 4.98 Å². The highest BCUT2D eigenvalue weighted by molar-refractivity contribution is 7.99. The van der Waals surface area contributed by atoms with Crippen LogP contribution in [-0.4, -0.2) is 31.6 Å². The highest BCUT2D eigenvalue weighted by atomic mass is 35.5. The largest absolute Gasteiger partial charge is 0.248 e. The average molecular weight is 283 g/mol. The summed E-state index contributed by atoms with van der Waals surface area (Å²) in [5.41, 5.74) is 1.11. The molecule has 0 spiro atoms. The summed E-state index contributed by atoms with van der Waals surface area (Å²) in [7, 11) is 0. The first-order valence-corrected chi connectivity index (χ1v) is 7.61. The molecule has 2 aliphatic rings. The quantitative estimate of drug-likeness (QED) is 0.486. The van der Waals surface area contributed by atoms with Crippen LogP contribution in [0, 0.1) is 5.92 Å². The van der Waals surface area contributed by atoms with Gasteiger partial charge in [0.15, 0.2) is 0 Å². The molecule has 1 aliphatic carbocycles. The minimum Gasteiger partial charge on any atom is -0.228 e. The molecule has 96 valence electrons. The maximum Gasteiger partial charge on any atom is 0.248 e. The summed E-state index contributed by atoms with van der Waals surface area (Å²) in [5.74, 6) is 1.98. The standard InChI is InChI=1S/C12H15ClN4S/c1-2-6-18-12-15-11-14-10-8(7-17(11)16-12)4-3-5-9(10)13/h2,8-9H,1,3-7H2. The second-order valence-electron chi connectivity index (χ2n) is 4.61. The lowest BCUT2D eigenvalue weighted by Gasteiger charge is -2.30. The zero-order chi connectivity index (χ0) is 12.5. The molecule has 2 atom stereocenters. The van der Waals surface area contributed by atoms with Gasteiger partial charge in [0.05, 0.1) is 11.9 Å². The Kier molecular flexibility index (Phi) is 3.43. The fourth-order valence-electron chi connectivity index (χ4n) is 2.48. The third-order valence-corrected chi connectivity index (χ3v) is 4.61. The van der Waals surface area contributed by atoms with Crippen molar-refractivity contribution in [2.75, 3.05) is 5.75 Å². The molecule has 18 heavy (non-hydrogen) atoms. The maximum atomic E-state index is 6.34. The lowest BCUT2D eigenvalue weighted by Crippen LogP contribution is -2.34. The van der Waals surface area contributed by atoms with E-state index in [1.165, 1.54) is 6.42 Å². The van der Waals surface area contributed by atoms with Gasteiger partial charge < -0.3 is 0 Å². The summed E-state index contributed by atoms with van der Waals surface area (Å²) >= 11 is 7.93. The molecule has 4 nitrogen and oxygen atoms in total. The molecular weight excluding hydrogens is 268 g/mol. The molecule has 0 amide bonds. The van der Waals surface area contributed by atoms with Crippen molar-refractivity contribution in [1.29, 1.82) is 0 Å². The van der Waals surface area contributed by atoms with Crippen LogP contribution in [0.15, 0.2) is 22.8 Å². The van der Waals surface area contributed by atoms with Crippen molar-refractivity contribution in [3.8, 4) is 0 Å². The van der Waals surface area contributed by atoms with Crippen molar-refractivity contribution in [2.45, 2.75) is 36.3 Å². The van der Waals surface area contributed by atoms with Crippen molar-refractivity contribution in [3.05, 3.63) is 12.7 Å². The Morgan fingerprint density at radius 3 is 3.22 bits per heavy atom. The number of rotatable bonds is 3. The molecule has 2 heterocycles. The van der Waals surface area contributed by atoms with Crippen LogP contribution in [-0.2, 0) is 6.54 Å². The Labute approximate surface area is 116 Å². The SMILES string of the molecule is C=CCSc1nc2n(n1)CC1CCCC(Cl)C1=N2. The third kappa shape index (κ3) is 2.21. The second-order valence-corrected chi connectivity index (χ2v) is 6.12. The number of aliphatic imine (C=N–C) groups is 1. The van der Waals surface area contributed by atoms with Crippen LogP contribution >= 0.6 is 23.4 Å². The number of halogens is 1. The number of hydrogen-bond donors (Lipinski definition) is 0. The number of thioether (sulfide) groups is 1. The van der Waals surface area contributed by atoms with Gasteiger partial charge in [0.2, 0.25) is 11.1 Å². The van der Waals surface area contributed by atoms with E-state index in [0.29, 0.717) is 11.9 Å². The van der Waals surface area contributed by atoms with Gasteiger partial charge in [-0.3, -0.25) is 0 Å². The lowest BCUT2D eigenvalue weighted by atomic mass is 9.86. The van der Waals surface area contributed by atoms with Crippen molar-refractivity contribution in [3.63, 3.8) is 0 Å². The summed E-state index contributed by atoms with van der Waals surface area (Å²) < 4.78 is 1.91. The number of nitrogens with zero attached hydrogens (tertiary/aromatic N) is 4. The minimum atomic E-state index is 0.0819. The topological polar surface area (TPSA) is 43.1 Å². The molecule has 0 saturated heterocycles. The van der Waals surface area contributed by atoms with Gasteiger partial charge in [-0.25, -0.2) is 9.67 Å². The van der Waals surface area contributed by atoms with E-state index >= 15 is 0 Å². The monoisotopic (exact) mass is 282 g/mol. The number of fused-ring (bicyclic) bond motifs is 2. The van der Waals surface area contributed by atoms with Crippen LogP contribution in [0.5, 0.6) is 0 Å². The first-order chi connectivity index (χ1) is 8.78. The van der Waals surface area contributed by atoms with E-state index in [-0.39, 0.29) is 5.38 Å². The summed E-state index contributed by atoms with van der Waals surface area (Å²) in [6, 6.07) is 0. The molecule has 0 N–H and O–H groups in total. The van der Waals surface area contributed by atoms with E-state index < -0.39 is 0 Å². The Morgan fingerprint density at radius 1 is 1.50 bits per heavy atom. The van der Waals surface area contributed by atoms with Gasteiger partial charge in [0.1, 0.15) is 0 Å². The fourth-order valence-corrected chi connectivity index (χ4v) is 3.43. The van der Waals surface area contributed by atoms with Crippen LogP contribution in [0.3, 0.4) is 0 Å². The fraction of sp³-hybridized carbons (Fsp3) is 0.583. The Bertz CT molecular complexity index is 496. The molecule has 1 fully saturated rings. The van der Waals surface area contributed by atoms with E-state index in [1.54, 1.807) is 11.8 Å². The second kappa shape index (κ2) is 5.05. The van der Waals surface area contributed by atoms with Crippen LogP contribution in [0.25, 0.3) is 0 Å². The van der Waals surface area contributed by atoms with Gasteiger partial charge in [0, 0.05) is 17.4 Å². The van der Waals surface area contributed by atoms with E-state index in [1.807, 2.05) is 10.8 Å². The van der Waals surface area contributed by atoms with E-state index in [4.69, 9.17) is 11.6 Å². The summed E-state index contributed by atoms with van der Waals surface area (Å²) in [6.45, 7) is 4.57. The van der Waals surface area contributed by atoms with Crippen LogP contribution < -0.4 is 0 Å². The van der Waals surface area contributed by atoms with Crippen LogP contribution in [0.2, 0.25) is 0 Å². The molecule has 3 rings (SSSR count). The van der Waals surface area contributed by atoms with E-state index in [0.717, 1.165) is 36.0 Å². The molecule has 2 unspecified atom stereocenters. The maximum absolute atomic E-state index is 6.34. The summed E-state index contributed by atoms with van der Waals surface area (Å²) in [6.07, 6.45) is 5.23. The Morgan fingerprint density at radius 2 is 2.39 bits per heavy atom. The van der Waals surface area contributed by atoms with Crippen molar-refractivity contribution in [2.24, 2.45) is 10.9 Å². The van der Waals surface area contributed by atoms with Crippen molar-refractivity contribution < 1.29 is 0 Å². The number of hydrogen-bond acceptors (Lipinski definition) is 4. The number of alkyl halides is 1. The van der Waals surface area contributed by atoms with E-state index in [9.17, 15) is 0 Å². The molecule has 1 saturated carbocycles. The zero-order valence-corrected chi connectivity index (χ0v) is 11.6. The molecule has 1 aromatic rings. The first-order valence-electron chi connectivity index (χ1n) is 6.19. The van der Waals surface area contributed by atoms with Crippen molar-refractivity contribution in [1.82, 2.24) is 14.8 Å². The Hall–Kier alpha value is -0.810. The molecule has 6 heteroatoms. The van der Waals surface area contributed by atoms with Gasteiger partial charge in [-0.15, -0.1) is 23.3 Å². The third-order valence-electron chi connectivity index (χ3n) is 3.33. The normalized spacial score (nSPS) is 26.2. The summed E-state index contributed by atoms with van der Waals surface area (Å²) in [5, 5.41) is 5.33. The lowest BCUT2D eigenvalue weighted by molar-refractivity contribution is 0.429. The van der Waals surface area contributed by atoms with E-state index in [2.05, 4.69) is 21.7 Å². The van der Waals surface area contributed by atoms with Gasteiger partial charge in [-0.05, 0) is 12.8 Å². The molecule has 1 aromatic heterocycles. The predicted molar refractivity (Wildman–Crippen MR) is 75.0 cm³/mol. The zero-order valence-electron chi connectivity index (χ0n) is 10.0. The molecule has 0 radical (unpaired) electrons. The van der Waals surface area contributed by atoms with Crippen LogP contribution in [0.4, 0.5) is 5.95 Å². The smallest absolute Gasteiger partial charge is 0.228 e. The molecule has 0 aromatic carbocycles. The minimum absolute atomic E-state index is 0.0819. The van der Waals surface area contributed by atoms with Crippen molar-refractivity contribution >= 4 is 35.0 Å². The van der Waals surface area contributed by atoms with Gasteiger partial charge in [0.25, 0.3) is 0 Å². The average Bonchev–Trinajstić information content (AvgIpc) is 2.76. The van der Waals surface area contributed by atoms with Crippen LogP contribution in [0.1, 0.15) is 19.3 Å². The Balaban J connectivity index is 1.87. The predicted octanol–water partition coefficient (Wildman–Crippen LogP) is 3.05. The molecular formula is C12H15ClN4S. The first kappa shape index (κ1) is 12.2. The molecule has 1 aliphatic heterocycles.